The van der Waals surface area contributed by atoms with Crippen molar-refractivity contribution in [3.63, 3.8) is 0 Å². The zero-order chi connectivity index (χ0) is 57.1. The number of carboxylic acids is 1. The predicted molar refractivity (Wildman–Crippen MR) is 316 cm³/mol. The number of β-amino-alcohol motifs (C(OH)–C–C–N with tert-alkyl or cyclic N) is 1. The van der Waals surface area contributed by atoms with E-state index in [0.29, 0.717) is 78.5 Å². The summed E-state index contributed by atoms with van der Waals surface area (Å²) in [6, 6.07) is 28.5. The van der Waals surface area contributed by atoms with Gasteiger partial charge in [0.15, 0.2) is 10.8 Å². The fraction of sp³-hybridized carbons (Fsp3) is 0.387. The lowest BCUT2D eigenvalue weighted by molar-refractivity contribution is -0.144. The minimum Gasteiger partial charge on any atom is -0.493 e. The molecule has 5 N–H and O–H groups in total. The summed E-state index contributed by atoms with van der Waals surface area (Å²) in [5.41, 5.74) is 9.24. The van der Waals surface area contributed by atoms with Crippen molar-refractivity contribution in [2.24, 2.45) is 11.3 Å². The van der Waals surface area contributed by atoms with Gasteiger partial charge in [0.2, 0.25) is 17.7 Å². The molecule has 0 radical (unpaired) electrons. The molecule has 3 aliphatic heterocycles. The number of fused-ring (bicyclic) bond motifs is 2. The number of anilines is 2. The van der Waals surface area contributed by atoms with Crippen molar-refractivity contribution in [3.8, 4) is 27.3 Å². The Morgan fingerprint density at radius 2 is 1.63 bits per heavy atom. The standard InChI is InChI=1S/C62H69N9O8S2/c1-36-44(45-21-22-52(66-54(45)60(77)78)70-29-25-41-11-9-13-46(47(41)33-70)57(74)68-61-65-48-14-7-8-16-51(48)81-61)12-10-15-50(36)79-30-26-39-23-27-69(28-24-39)34-53(73)67-56(62(4,5)6)59(76)71-32-43(72)31-49(71)58(75)64-37(2)40-17-19-42(20-18-40)55-38(3)63-35-80-55/h7-22,35,37,39,43,49,56,72H,23-34H2,1-6H3,(H,64,75)(H,67,73)(H,77,78)(H,65,68,74)/t37?,43-,49+,56?/m1/s1. The lowest BCUT2D eigenvalue weighted by Gasteiger charge is -2.36. The molecule has 0 saturated carbocycles. The second-order valence-corrected chi connectivity index (χ2v) is 24.5. The molecule has 10 rings (SSSR count). The average Bonchev–Trinajstić information content (AvgIpc) is 4.29. The van der Waals surface area contributed by atoms with E-state index in [0.717, 1.165) is 67.9 Å². The summed E-state index contributed by atoms with van der Waals surface area (Å²) in [7, 11) is 0. The van der Waals surface area contributed by atoms with Crippen LogP contribution in [0.2, 0.25) is 0 Å². The lowest BCUT2D eigenvalue weighted by Crippen LogP contribution is -2.59. The van der Waals surface area contributed by atoms with Gasteiger partial charge in [0.05, 0.1) is 51.6 Å². The van der Waals surface area contributed by atoms with Crippen molar-refractivity contribution in [1.82, 2.24) is 35.4 Å². The molecule has 2 fully saturated rings. The van der Waals surface area contributed by atoms with Gasteiger partial charge in [-0.15, -0.1) is 11.3 Å². The van der Waals surface area contributed by atoms with Gasteiger partial charge in [-0.2, -0.15) is 0 Å². The van der Waals surface area contributed by atoms with E-state index in [1.54, 1.807) is 17.4 Å². The summed E-state index contributed by atoms with van der Waals surface area (Å²) in [4.78, 5) is 88.7. The van der Waals surface area contributed by atoms with Gasteiger partial charge in [0.1, 0.15) is 23.7 Å². The number of aromatic carboxylic acids is 1. The first-order chi connectivity index (χ1) is 38.9. The van der Waals surface area contributed by atoms with Crippen LogP contribution >= 0.6 is 22.7 Å². The first kappa shape index (κ1) is 56.7. The number of nitrogens with zero attached hydrogens (tertiary/aromatic N) is 6. The van der Waals surface area contributed by atoms with E-state index in [4.69, 9.17) is 9.72 Å². The number of hydrogen-bond acceptors (Lipinski definition) is 14. The Balaban J connectivity index is 0.706. The van der Waals surface area contributed by atoms with Gasteiger partial charge in [-0.3, -0.25) is 29.4 Å². The van der Waals surface area contributed by atoms with E-state index in [-0.39, 0.29) is 49.0 Å². The number of piperidine rings is 1. The third kappa shape index (κ3) is 12.8. The van der Waals surface area contributed by atoms with E-state index < -0.39 is 35.5 Å². The van der Waals surface area contributed by atoms with Crippen LogP contribution in [0.4, 0.5) is 10.9 Å². The molecule has 0 spiro atoms. The van der Waals surface area contributed by atoms with Crippen molar-refractivity contribution < 1.29 is 38.9 Å². The van der Waals surface area contributed by atoms with E-state index in [1.165, 1.54) is 16.2 Å². The van der Waals surface area contributed by atoms with E-state index in [2.05, 4.69) is 30.8 Å². The number of benzene rings is 4. The van der Waals surface area contributed by atoms with E-state index in [1.807, 2.05) is 143 Å². The highest BCUT2D eigenvalue weighted by molar-refractivity contribution is 7.22. The highest BCUT2D eigenvalue weighted by atomic mass is 32.1. The zero-order valence-electron chi connectivity index (χ0n) is 46.5. The van der Waals surface area contributed by atoms with Gasteiger partial charge in [-0.25, -0.2) is 19.7 Å². The summed E-state index contributed by atoms with van der Waals surface area (Å²) in [6.07, 6.45) is 2.38. The maximum atomic E-state index is 14.3. The predicted octanol–water partition coefficient (Wildman–Crippen LogP) is 9.46. The number of thiazole rings is 2. The molecule has 4 aromatic carbocycles. The fourth-order valence-corrected chi connectivity index (χ4v) is 13.0. The zero-order valence-corrected chi connectivity index (χ0v) is 48.2. The number of ether oxygens (including phenoxy) is 1. The highest BCUT2D eigenvalue weighted by Gasteiger charge is 2.45. The largest absolute Gasteiger partial charge is 0.493 e. The van der Waals surface area contributed by atoms with Gasteiger partial charge >= 0.3 is 5.97 Å². The van der Waals surface area contributed by atoms with Crippen molar-refractivity contribution in [3.05, 3.63) is 142 Å². The molecule has 4 amide bonds. The molecule has 6 heterocycles. The summed E-state index contributed by atoms with van der Waals surface area (Å²) < 4.78 is 7.37. The first-order valence-electron chi connectivity index (χ1n) is 27.7. The number of carboxylic acid groups (broad SMARTS) is 1. The number of rotatable bonds is 17. The minimum absolute atomic E-state index is 0.00824. The molecule has 7 aromatic rings. The number of aliphatic hydroxyl groups is 1. The first-order valence-corrected chi connectivity index (χ1v) is 29.4. The summed E-state index contributed by atoms with van der Waals surface area (Å²) >= 11 is 2.99. The molecule has 2 saturated heterocycles. The molecule has 19 heteroatoms. The Bertz CT molecular complexity index is 3440. The molecular weight excluding hydrogens is 1060 g/mol. The van der Waals surface area contributed by atoms with Crippen molar-refractivity contribution in [2.45, 2.75) is 104 Å². The third-order valence-corrected chi connectivity index (χ3v) is 17.9. The number of hydrogen-bond donors (Lipinski definition) is 5. The number of pyridine rings is 1. The minimum atomic E-state index is -1.15. The van der Waals surface area contributed by atoms with Crippen molar-refractivity contribution in [1.29, 1.82) is 0 Å². The number of carbonyl (C=O) groups excluding carboxylic acids is 4. The normalized spacial score (nSPS) is 17.6. The highest BCUT2D eigenvalue weighted by Crippen LogP contribution is 2.36. The molecule has 422 valence electrons. The maximum absolute atomic E-state index is 14.3. The van der Waals surface area contributed by atoms with Crippen LogP contribution in [0.25, 0.3) is 31.8 Å². The molecule has 81 heavy (non-hydrogen) atoms. The molecule has 0 bridgehead atoms. The number of carbonyl (C=O) groups is 5. The summed E-state index contributed by atoms with van der Waals surface area (Å²) in [5, 5.41) is 30.9. The fourth-order valence-electron chi connectivity index (χ4n) is 11.3. The molecule has 3 aromatic heterocycles. The summed E-state index contributed by atoms with van der Waals surface area (Å²) in [6.45, 7) is 14.4. The van der Waals surface area contributed by atoms with Crippen LogP contribution in [0.15, 0.2) is 103 Å². The van der Waals surface area contributed by atoms with Crippen LogP contribution in [0.3, 0.4) is 0 Å². The van der Waals surface area contributed by atoms with Crippen LogP contribution in [0.1, 0.15) is 108 Å². The van der Waals surface area contributed by atoms with Gasteiger partial charge < -0.3 is 35.4 Å². The van der Waals surface area contributed by atoms with Gasteiger partial charge in [0.25, 0.3) is 5.91 Å². The van der Waals surface area contributed by atoms with Gasteiger partial charge in [-0.05, 0) is 141 Å². The number of para-hydroxylation sites is 1. The quantitative estimate of drug-likeness (QED) is 0.0575. The van der Waals surface area contributed by atoms with Crippen LogP contribution in [-0.2, 0) is 27.3 Å². The topological polar surface area (TPSA) is 220 Å². The average molecular weight is 1130 g/mol. The van der Waals surface area contributed by atoms with Gasteiger partial charge in [0, 0.05) is 37.2 Å². The Labute approximate surface area is 479 Å². The number of nitrogens with one attached hydrogen (secondary N) is 3. The smallest absolute Gasteiger partial charge is 0.355 e. The maximum Gasteiger partial charge on any atom is 0.355 e. The van der Waals surface area contributed by atoms with Crippen molar-refractivity contribution >= 4 is 73.4 Å². The van der Waals surface area contributed by atoms with Crippen LogP contribution in [-0.4, -0.2) is 122 Å². The molecule has 2 unspecified atom stereocenters. The molecule has 4 atom stereocenters. The second-order valence-electron chi connectivity index (χ2n) is 22.6. The molecular formula is C62H69N9O8S2. The van der Waals surface area contributed by atoms with Crippen LogP contribution in [0, 0.1) is 25.2 Å². The second kappa shape index (κ2) is 24.3. The Hall–Kier alpha value is -7.58. The number of likely N-dealkylation sites (tertiary alicyclic amines) is 2. The van der Waals surface area contributed by atoms with Crippen LogP contribution < -0.4 is 25.6 Å². The van der Waals surface area contributed by atoms with E-state index >= 15 is 0 Å². The molecule has 3 aliphatic rings. The summed E-state index contributed by atoms with van der Waals surface area (Å²) in [5.74, 6) is -0.923. The third-order valence-electron chi connectivity index (χ3n) is 15.9. The molecule has 17 nitrogen and oxygen atoms in total. The Kier molecular flexibility index (Phi) is 17.0. The number of amides is 4. The number of aliphatic hydroxyl groups excluding tert-OH is 1. The van der Waals surface area contributed by atoms with Crippen molar-refractivity contribution in [2.75, 3.05) is 49.5 Å². The Morgan fingerprint density at radius 3 is 2.36 bits per heavy atom. The van der Waals surface area contributed by atoms with Crippen LogP contribution in [0.5, 0.6) is 5.75 Å². The lowest BCUT2D eigenvalue weighted by atomic mass is 9.85. The van der Waals surface area contributed by atoms with Gasteiger partial charge in [-0.1, -0.05) is 92.8 Å². The number of aromatic nitrogens is 3. The van der Waals surface area contributed by atoms with E-state index in [9.17, 15) is 34.2 Å². The SMILES string of the molecule is Cc1ncsc1-c1ccc(C(C)NC(=O)[C@@H]2C[C@@H](O)CN2C(=O)C(NC(=O)CN2CCC(CCOc3cccc(-c4ccc(N5CCc6cccc(C(=O)Nc7nc8ccccc8s7)c6C5)nc4C(=O)O)c3C)CC2)C(C)(C)C)cc1. The Morgan fingerprint density at radius 1 is 0.864 bits per heavy atom. The monoisotopic (exact) mass is 1130 g/mol. The number of aryl methyl sites for hydroxylation is 1. The molecule has 0 aliphatic carbocycles.